The maximum atomic E-state index is 12.2. The molecule has 3 N–H and O–H groups in total. The first-order chi connectivity index (χ1) is 9.45. The summed E-state index contributed by atoms with van der Waals surface area (Å²) in [5.41, 5.74) is 0.105. The van der Waals surface area contributed by atoms with Crippen LogP contribution in [0.25, 0.3) is 0 Å². The lowest BCUT2D eigenvalue weighted by Gasteiger charge is -2.32. The molecule has 0 saturated carbocycles. The molecule has 1 aromatic rings. The molecule has 0 amide bonds. The first-order valence-electron chi connectivity index (χ1n) is 6.97. The molecule has 6 heteroatoms. The van der Waals surface area contributed by atoms with E-state index in [1.165, 1.54) is 0 Å². The van der Waals surface area contributed by atoms with Gasteiger partial charge in [0.15, 0.2) is 0 Å². The summed E-state index contributed by atoms with van der Waals surface area (Å²) < 4.78 is 26.9. The molecule has 1 heterocycles. The SMILES string of the molecule is CCc1ccc(S(=O)(=O)NC[C@]2(O)CCCNC2)cc1. The Morgan fingerprint density at radius 3 is 2.60 bits per heavy atom. The molecular formula is C14H22N2O3S. The minimum absolute atomic E-state index is 0.0395. The lowest BCUT2D eigenvalue weighted by atomic mass is 9.95. The third-order valence-electron chi connectivity index (χ3n) is 3.68. The van der Waals surface area contributed by atoms with Gasteiger partial charge in [-0.15, -0.1) is 0 Å². The first-order valence-corrected chi connectivity index (χ1v) is 8.45. The van der Waals surface area contributed by atoms with E-state index < -0.39 is 15.6 Å². The van der Waals surface area contributed by atoms with Crippen molar-refractivity contribution in [1.82, 2.24) is 10.0 Å². The van der Waals surface area contributed by atoms with Crippen LogP contribution in [-0.4, -0.2) is 38.8 Å². The Labute approximate surface area is 120 Å². The highest BCUT2D eigenvalue weighted by atomic mass is 32.2. The van der Waals surface area contributed by atoms with E-state index in [0.717, 1.165) is 24.9 Å². The minimum Gasteiger partial charge on any atom is -0.387 e. The third-order valence-corrected chi connectivity index (χ3v) is 5.10. The molecule has 1 saturated heterocycles. The first kappa shape index (κ1) is 15.4. The van der Waals surface area contributed by atoms with Crippen molar-refractivity contribution in [2.45, 2.75) is 36.7 Å². The molecular weight excluding hydrogens is 276 g/mol. The van der Waals surface area contributed by atoms with E-state index in [0.29, 0.717) is 13.0 Å². The molecule has 0 spiro atoms. The number of β-amino-alcohol motifs (C(OH)–C–C–N with tert-alkyl or cyclic N) is 1. The van der Waals surface area contributed by atoms with Crippen molar-refractivity contribution in [3.63, 3.8) is 0 Å². The zero-order chi connectivity index (χ0) is 14.6. The van der Waals surface area contributed by atoms with E-state index >= 15 is 0 Å². The topological polar surface area (TPSA) is 78.4 Å². The van der Waals surface area contributed by atoms with E-state index in [-0.39, 0.29) is 11.4 Å². The van der Waals surface area contributed by atoms with Crippen LogP contribution in [0.5, 0.6) is 0 Å². The molecule has 0 unspecified atom stereocenters. The van der Waals surface area contributed by atoms with Crippen LogP contribution in [0.2, 0.25) is 0 Å². The van der Waals surface area contributed by atoms with Crippen LogP contribution < -0.4 is 10.0 Å². The van der Waals surface area contributed by atoms with E-state index in [1.807, 2.05) is 19.1 Å². The van der Waals surface area contributed by atoms with Gasteiger partial charge in [0, 0.05) is 13.1 Å². The predicted octanol–water partition coefficient (Wildman–Crippen LogP) is 0.642. The Morgan fingerprint density at radius 1 is 1.35 bits per heavy atom. The maximum Gasteiger partial charge on any atom is 0.240 e. The Morgan fingerprint density at radius 2 is 2.05 bits per heavy atom. The highest BCUT2D eigenvalue weighted by Gasteiger charge is 2.30. The smallest absolute Gasteiger partial charge is 0.240 e. The molecule has 0 aliphatic carbocycles. The fraction of sp³-hybridized carbons (Fsp3) is 0.571. The average molecular weight is 298 g/mol. The van der Waals surface area contributed by atoms with Gasteiger partial charge in [0.2, 0.25) is 10.0 Å². The second-order valence-electron chi connectivity index (χ2n) is 5.33. The molecule has 1 aliphatic heterocycles. The van der Waals surface area contributed by atoms with Crippen LogP contribution in [0.3, 0.4) is 0 Å². The van der Waals surface area contributed by atoms with Crippen LogP contribution in [-0.2, 0) is 16.4 Å². The van der Waals surface area contributed by atoms with Gasteiger partial charge in [-0.05, 0) is 43.5 Å². The van der Waals surface area contributed by atoms with Crippen LogP contribution in [0.1, 0.15) is 25.3 Å². The van der Waals surface area contributed by atoms with Crippen molar-refractivity contribution in [1.29, 1.82) is 0 Å². The quantitative estimate of drug-likeness (QED) is 0.745. The van der Waals surface area contributed by atoms with Crippen molar-refractivity contribution in [3.8, 4) is 0 Å². The lowest BCUT2D eigenvalue weighted by molar-refractivity contribution is 0.0218. The fourth-order valence-corrected chi connectivity index (χ4v) is 3.44. The van der Waals surface area contributed by atoms with Gasteiger partial charge in [0.05, 0.1) is 10.5 Å². The van der Waals surface area contributed by atoms with E-state index in [1.54, 1.807) is 12.1 Å². The van der Waals surface area contributed by atoms with Crippen molar-refractivity contribution in [2.75, 3.05) is 19.6 Å². The van der Waals surface area contributed by atoms with Gasteiger partial charge >= 0.3 is 0 Å². The molecule has 1 atom stereocenters. The molecule has 1 fully saturated rings. The third kappa shape index (κ3) is 3.79. The summed E-state index contributed by atoms with van der Waals surface area (Å²) in [5, 5.41) is 13.4. The van der Waals surface area contributed by atoms with Gasteiger partial charge in [-0.2, -0.15) is 0 Å². The van der Waals surface area contributed by atoms with Crippen molar-refractivity contribution in [2.24, 2.45) is 0 Å². The monoisotopic (exact) mass is 298 g/mol. The normalized spacial score (nSPS) is 23.7. The summed E-state index contributed by atoms with van der Waals surface area (Å²) in [6.07, 6.45) is 2.33. The molecule has 5 nitrogen and oxygen atoms in total. The number of nitrogens with one attached hydrogen (secondary N) is 2. The molecule has 1 aliphatic rings. The summed E-state index contributed by atoms with van der Waals surface area (Å²) in [6, 6.07) is 6.82. The van der Waals surface area contributed by atoms with Crippen molar-refractivity contribution >= 4 is 10.0 Å². The Kier molecular flexibility index (Phi) is 4.80. The van der Waals surface area contributed by atoms with Gasteiger partial charge in [-0.25, -0.2) is 13.1 Å². The van der Waals surface area contributed by atoms with Gasteiger partial charge in [0.1, 0.15) is 0 Å². The van der Waals surface area contributed by atoms with Crippen LogP contribution in [0, 0.1) is 0 Å². The number of aryl methyl sites for hydroxylation is 1. The Bertz CT molecular complexity index is 534. The number of aliphatic hydroxyl groups is 1. The number of rotatable bonds is 5. The highest BCUT2D eigenvalue weighted by Crippen LogP contribution is 2.16. The maximum absolute atomic E-state index is 12.2. The van der Waals surface area contributed by atoms with Gasteiger partial charge in [0.25, 0.3) is 0 Å². The zero-order valence-electron chi connectivity index (χ0n) is 11.7. The van der Waals surface area contributed by atoms with Crippen LogP contribution >= 0.6 is 0 Å². The molecule has 1 aromatic carbocycles. The summed E-state index contributed by atoms with van der Waals surface area (Å²) in [6.45, 7) is 3.35. The Hall–Kier alpha value is -0.950. The Balaban J connectivity index is 2.02. The van der Waals surface area contributed by atoms with Crippen LogP contribution in [0.15, 0.2) is 29.2 Å². The molecule has 20 heavy (non-hydrogen) atoms. The van der Waals surface area contributed by atoms with Gasteiger partial charge in [-0.1, -0.05) is 19.1 Å². The van der Waals surface area contributed by atoms with E-state index in [9.17, 15) is 13.5 Å². The number of hydrogen-bond acceptors (Lipinski definition) is 4. The lowest BCUT2D eigenvalue weighted by Crippen LogP contribution is -2.52. The van der Waals surface area contributed by atoms with Gasteiger partial charge < -0.3 is 10.4 Å². The van der Waals surface area contributed by atoms with E-state index in [4.69, 9.17) is 0 Å². The summed E-state index contributed by atoms with van der Waals surface area (Å²) in [5.74, 6) is 0. The number of piperidine rings is 1. The minimum atomic E-state index is -3.56. The average Bonchev–Trinajstić information content (AvgIpc) is 2.46. The summed E-state index contributed by atoms with van der Waals surface area (Å²) in [4.78, 5) is 0.238. The second-order valence-corrected chi connectivity index (χ2v) is 7.09. The molecule has 112 valence electrons. The van der Waals surface area contributed by atoms with Crippen molar-refractivity contribution in [3.05, 3.63) is 29.8 Å². The number of hydrogen-bond donors (Lipinski definition) is 3. The standard InChI is InChI=1S/C14H22N2O3S/c1-2-12-4-6-13(7-5-12)20(18,19)16-11-14(17)8-3-9-15-10-14/h4-7,15-17H,2-3,8-11H2,1H3/t14-/m0/s1. The second kappa shape index (κ2) is 6.22. The molecule has 2 rings (SSSR count). The number of benzene rings is 1. The summed E-state index contributed by atoms with van der Waals surface area (Å²) in [7, 11) is -3.56. The summed E-state index contributed by atoms with van der Waals surface area (Å²) >= 11 is 0. The van der Waals surface area contributed by atoms with E-state index in [2.05, 4.69) is 10.0 Å². The zero-order valence-corrected chi connectivity index (χ0v) is 12.5. The number of sulfonamides is 1. The largest absolute Gasteiger partial charge is 0.387 e. The predicted molar refractivity (Wildman–Crippen MR) is 78.1 cm³/mol. The molecule has 0 aromatic heterocycles. The van der Waals surface area contributed by atoms with Crippen LogP contribution in [0.4, 0.5) is 0 Å². The molecule has 0 radical (unpaired) electrons. The van der Waals surface area contributed by atoms with Crippen molar-refractivity contribution < 1.29 is 13.5 Å². The molecule has 0 bridgehead atoms. The fourth-order valence-electron chi connectivity index (χ4n) is 2.32. The van der Waals surface area contributed by atoms with Gasteiger partial charge in [-0.3, -0.25) is 0 Å². The highest BCUT2D eigenvalue weighted by molar-refractivity contribution is 7.89.